The third kappa shape index (κ3) is 69.0. The van der Waals surface area contributed by atoms with Crippen LogP contribution in [0.5, 0.6) is 0 Å². The quantitative estimate of drug-likeness (QED) is 0.0169. The molecule has 19 heteroatoms. The summed E-state index contributed by atoms with van der Waals surface area (Å²) < 4.78 is 68.4. The summed E-state index contributed by atoms with van der Waals surface area (Å²) in [6.07, 6.45) is 68.9. The van der Waals surface area contributed by atoms with E-state index in [9.17, 15) is 43.2 Å². The number of unbranched alkanes of at least 4 members (excludes halogenated alkanes) is 34. The molecule has 0 amide bonds. The molecule has 5 unspecified atom stereocenters. The number of ether oxygens (including phenoxy) is 4. The highest BCUT2D eigenvalue weighted by Crippen LogP contribution is 2.45. The van der Waals surface area contributed by atoms with Crippen LogP contribution in [0.15, 0.2) is 72.9 Å². The predicted molar refractivity (Wildman–Crippen MR) is 390 cm³/mol. The molecule has 558 valence electrons. The number of carbonyl (C=O) groups excluding carboxylic acids is 4. The van der Waals surface area contributed by atoms with Crippen LogP contribution in [0, 0.1) is 0 Å². The van der Waals surface area contributed by atoms with E-state index in [1.165, 1.54) is 89.9 Å². The number of aliphatic hydroxyl groups is 1. The fourth-order valence-electron chi connectivity index (χ4n) is 10.3. The van der Waals surface area contributed by atoms with Gasteiger partial charge in [0.05, 0.1) is 26.4 Å². The van der Waals surface area contributed by atoms with E-state index in [4.69, 9.17) is 37.0 Å². The number of esters is 4. The molecule has 0 aliphatic heterocycles. The molecule has 0 aromatic rings. The number of carbonyl (C=O) groups is 4. The minimum absolute atomic E-state index is 0.0788. The molecule has 0 aliphatic carbocycles. The lowest BCUT2D eigenvalue weighted by molar-refractivity contribution is -0.161. The van der Waals surface area contributed by atoms with Crippen LogP contribution in [0.3, 0.4) is 0 Å². The van der Waals surface area contributed by atoms with E-state index < -0.39 is 97.5 Å². The van der Waals surface area contributed by atoms with Crippen molar-refractivity contribution in [1.82, 2.24) is 0 Å². The van der Waals surface area contributed by atoms with Crippen LogP contribution in [0.4, 0.5) is 0 Å². The molecule has 0 saturated carbocycles. The van der Waals surface area contributed by atoms with Gasteiger partial charge in [-0.25, -0.2) is 9.13 Å². The summed E-state index contributed by atoms with van der Waals surface area (Å²) >= 11 is 0. The molecule has 5 atom stereocenters. The number of rotatable bonds is 72. The topological polar surface area (TPSA) is 237 Å². The Labute approximate surface area is 583 Å². The van der Waals surface area contributed by atoms with Crippen molar-refractivity contribution >= 4 is 39.5 Å². The van der Waals surface area contributed by atoms with Crippen LogP contribution in [0.1, 0.15) is 336 Å². The maximum absolute atomic E-state index is 13.1. The minimum atomic E-state index is -4.97. The molecule has 0 bridgehead atoms. The molecule has 96 heavy (non-hydrogen) atoms. The SMILES string of the molecule is CC/C=C\C/C=C\C/C=C\CCCCCCCCCC(=O)OCC(COP(=O)(O)OCC(O)COP(=O)(O)OCC(COC(=O)CCCCCCCCCCCCCCC)OC(=O)CCCCCCC/C=C\CCCC)OC(=O)CCCCCCC/C=C\C/C=C\CCCCC. The second-order valence-corrected chi connectivity index (χ2v) is 28.5. The van der Waals surface area contributed by atoms with Gasteiger partial charge in [-0.15, -0.1) is 0 Å². The summed E-state index contributed by atoms with van der Waals surface area (Å²) in [4.78, 5) is 72.8. The summed E-state index contributed by atoms with van der Waals surface area (Å²) in [6.45, 7) is 4.70. The third-order valence-electron chi connectivity index (χ3n) is 16.2. The summed E-state index contributed by atoms with van der Waals surface area (Å²) in [5.74, 6) is -2.19. The summed E-state index contributed by atoms with van der Waals surface area (Å²) in [7, 11) is -9.94. The molecule has 0 rings (SSSR count). The van der Waals surface area contributed by atoms with Crippen LogP contribution < -0.4 is 0 Å². The number of phosphoric ester groups is 2. The largest absolute Gasteiger partial charge is 0.472 e. The zero-order valence-electron chi connectivity index (χ0n) is 60.8. The number of hydrogen-bond acceptors (Lipinski definition) is 15. The predicted octanol–water partition coefficient (Wildman–Crippen LogP) is 21.7. The molecular formula is C77H138O17P2. The lowest BCUT2D eigenvalue weighted by Gasteiger charge is -2.21. The van der Waals surface area contributed by atoms with Crippen LogP contribution >= 0.6 is 15.6 Å². The van der Waals surface area contributed by atoms with Crippen molar-refractivity contribution in [3.63, 3.8) is 0 Å². The van der Waals surface area contributed by atoms with Crippen molar-refractivity contribution in [2.75, 3.05) is 39.6 Å². The van der Waals surface area contributed by atoms with Crippen LogP contribution in [-0.4, -0.2) is 96.7 Å². The van der Waals surface area contributed by atoms with E-state index >= 15 is 0 Å². The smallest absolute Gasteiger partial charge is 0.462 e. The first kappa shape index (κ1) is 92.5. The van der Waals surface area contributed by atoms with Crippen molar-refractivity contribution in [3.8, 4) is 0 Å². The molecule has 0 radical (unpaired) electrons. The lowest BCUT2D eigenvalue weighted by atomic mass is 10.0. The molecule has 0 aromatic heterocycles. The van der Waals surface area contributed by atoms with Crippen molar-refractivity contribution in [2.24, 2.45) is 0 Å². The molecule has 0 aromatic carbocycles. The highest BCUT2D eigenvalue weighted by Gasteiger charge is 2.30. The molecule has 17 nitrogen and oxygen atoms in total. The molecular weight excluding hydrogens is 1260 g/mol. The fourth-order valence-corrected chi connectivity index (χ4v) is 11.9. The summed E-state index contributed by atoms with van der Waals surface area (Å²) in [5.41, 5.74) is 0. The van der Waals surface area contributed by atoms with E-state index in [-0.39, 0.29) is 25.7 Å². The van der Waals surface area contributed by atoms with Gasteiger partial charge in [0.15, 0.2) is 12.2 Å². The van der Waals surface area contributed by atoms with Gasteiger partial charge < -0.3 is 33.8 Å². The number of allylic oxidation sites excluding steroid dienone is 12. The van der Waals surface area contributed by atoms with Crippen molar-refractivity contribution in [2.45, 2.75) is 354 Å². The zero-order valence-corrected chi connectivity index (χ0v) is 62.6. The van der Waals surface area contributed by atoms with Gasteiger partial charge in [0.1, 0.15) is 19.3 Å². The Kier molecular flexibility index (Phi) is 67.4. The second kappa shape index (κ2) is 70.0. The first-order chi connectivity index (χ1) is 46.7. The van der Waals surface area contributed by atoms with Gasteiger partial charge in [0, 0.05) is 25.7 Å². The normalized spacial score (nSPS) is 14.4. The summed E-state index contributed by atoms with van der Waals surface area (Å²) in [5, 5.41) is 10.6. The van der Waals surface area contributed by atoms with E-state index in [0.717, 1.165) is 167 Å². The van der Waals surface area contributed by atoms with Gasteiger partial charge in [-0.3, -0.25) is 37.3 Å². The highest BCUT2D eigenvalue weighted by molar-refractivity contribution is 7.47. The average Bonchev–Trinajstić information content (AvgIpc) is 2.18. The van der Waals surface area contributed by atoms with E-state index in [0.29, 0.717) is 25.7 Å². The minimum Gasteiger partial charge on any atom is -0.462 e. The third-order valence-corrected chi connectivity index (χ3v) is 18.1. The molecule has 0 spiro atoms. The number of aliphatic hydroxyl groups excluding tert-OH is 1. The second-order valence-electron chi connectivity index (χ2n) is 25.6. The van der Waals surface area contributed by atoms with Gasteiger partial charge in [-0.05, 0) is 109 Å². The first-order valence-corrected chi connectivity index (χ1v) is 41.2. The van der Waals surface area contributed by atoms with Crippen molar-refractivity contribution < 1.29 is 80.2 Å². The standard InChI is InChI=1S/C77H138O17P2/c1-5-9-13-17-21-25-29-32-34-35-37-39-43-46-50-54-58-62-75(80)88-68-73(94-77(82)64-60-56-52-48-44-40-36-33-30-26-22-18-14-10-6-2)70-92-96(85,86)90-66-71(78)65-89-95(83,84)91-69-72(93-76(81)63-59-55-51-47-41-28-24-20-16-12-8-4)67-87-74(79)61-57-53-49-45-42-38-31-27-23-19-15-11-7-3/h9,13,20-22,24-26,32-34,36,71-73,78H,5-8,10-12,14-19,23,27-31,35,37-70H2,1-4H3,(H,83,84)(H,85,86)/b13-9-,24-20-,25-21-,26-22-,34-32-,36-33-. The van der Waals surface area contributed by atoms with Crippen LogP contribution in [0.25, 0.3) is 0 Å². The molecule has 0 fully saturated rings. The Morgan fingerprint density at radius 3 is 0.896 bits per heavy atom. The molecule has 3 N–H and O–H groups in total. The number of hydrogen-bond donors (Lipinski definition) is 3. The number of phosphoric acid groups is 2. The Balaban J connectivity index is 5.32. The van der Waals surface area contributed by atoms with Crippen LogP contribution in [-0.2, 0) is 65.4 Å². The summed E-state index contributed by atoms with van der Waals surface area (Å²) in [6, 6.07) is 0. The van der Waals surface area contributed by atoms with Crippen molar-refractivity contribution in [3.05, 3.63) is 72.9 Å². The van der Waals surface area contributed by atoms with Gasteiger partial charge in [0.25, 0.3) is 0 Å². The molecule has 0 saturated heterocycles. The van der Waals surface area contributed by atoms with E-state index in [1.54, 1.807) is 0 Å². The Bertz CT molecular complexity index is 2110. The molecule has 0 heterocycles. The van der Waals surface area contributed by atoms with E-state index in [1.807, 2.05) is 0 Å². The zero-order chi connectivity index (χ0) is 70.4. The van der Waals surface area contributed by atoms with Gasteiger partial charge in [0.2, 0.25) is 0 Å². The Morgan fingerprint density at radius 2 is 0.552 bits per heavy atom. The Morgan fingerprint density at radius 1 is 0.302 bits per heavy atom. The molecule has 0 aliphatic rings. The van der Waals surface area contributed by atoms with Crippen molar-refractivity contribution in [1.29, 1.82) is 0 Å². The van der Waals surface area contributed by atoms with Crippen LogP contribution in [0.2, 0.25) is 0 Å². The highest BCUT2D eigenvalue weighted by atomic mass is 31.2. The maximum Gasteiger partial charge on any atom is 0.472 e. The Hall–Kier alpha value is -3.50. The first-order valence-electron chi connectivity index (χ1n) is 38.2. The van der Waals surface area contributed by atoms with Gasteiger partial charge >= 0.3 is 39.5 Å². The monoisotopic (exact) mass is 1400 g/mol. The van der Waals surface area contributed by atoms with Gasteiger partial charge in [-0.1, -0.05) is 274 Å². The average molecular weight is 1400 g/mol. The lowest BCUT2D eigenvalue weighted by Crippen LogP contribution is -2.30. The maximum atomic E-state index is 13.1. The van der Waals surface area contributed by atoms with Gasteiger partial charge in [-0.2, -0.15) is 0 Å². The fraction of sp³-hybridized carbons (Fsp3) is 0.792. The van der Waals surface area contributed by atoms with E-state index in [2.05, 4.69) is 101 Å².